The highest BCUT2D eigenvalue weighted by Gasteiger charge is 2.60. The zero-order chi connectivity index (χ0) is 23.4. The fraction of sp³-hybridized carbons (Fsp3) is 0.143. The minimum atomic E-state index is -0.920. The summed E-state index contributed by atoms with van der Waals surface area (Å²) in [5, 5.41) is 4.33. The summed E-state index contributed by atoms with van der Waals surface area (Å²) in [6.45, 7) is 1.88. The van der Waals surface area contributed by atoms with E-state index in [1.54, 1.807) is 17.2 Å². The van der Waals surface area contributed by atoms with Gasteiger partial charge in [0.1, 0.15) is 5.92 Å². The number of para-hydroxylation sites is 1. The van der Waals surface area contributed by atoms with E-state index in [2.05, 4.69) is 0 Å². The summed E-state index contributed by atoms with van der Waals surface area (Å²) < 4.78 is 0. The van der Waals surface area contributed by atoms with Crippen molar-refractivity contribution in [3.05, 3.63) is 107 Å². The summed E-state index contributed by atoms with van der Waals surface area (Å²) in [4.78, 5) is 34.9. The zero-order valence-corrected chi connectivity index (χ0v) is 19.1. The van der Waals surface area contributed by atoms with Crippen LogP contribution in [0, 0.1) is 12.8 Å². The van der Waals surface area contributed by atoms with E-state index in [1.807, 2.05) is 85.8 Å². The lowest BCUT2D eigenvalue weighted by Crippen LogP contribution is -2.37. The van der Waals surface area contributed by atoms with Crippen LogP contribution < -0.4 is 9.96 Å². The highest BCUT2D eigenvalue weighted by atomic mass is 35.5. The predicted molar refractivity (Wildman–Crippen MR) is 133 cm³/mol. The standard InChI is InChI=1S/C28H21ClN2O3/c1-17-14-15-20(16-23(17)29)30-27(32)24-25(22-13-7-9-18-8-5-6-12-21(18)22)31(34-26(24)28(30)33)19-10-3-2-4-11-19/h2-16,24-26H,1H3/t24-,25+,26-/m0/s1. The lowest BCUT2D eigenvalue weighted by Gasteiger charge is -2.29. The van der Waals surface area contributed by atoms with Crippen LogP contribution in [0.1, 0.15) is 17.2 Å². The third-order valence-electron chi connectivity index (χ3n) is 6.68. The van der Waals surface area contributed by atoms with Gasteiger partial charge in [0.15, 0.2) is 6.10 Å². The van der Waals surface area contributed by atoms with Crippen LogP contribution in [0.2, 0.25) is 5.02 Å². The van der Waals surface area contributed by atoms with Crippen LogP contribution in [0.25, 0.3) is 10.8 Å². The van der Waals surface area contributed by atoms with E-state index in [9.17, 15) is 9.59 Å². The molecule has 2 heterocycles. The molecule has 0 unspecified atom stereocenters. The van der Waals surface area contributed by atoms with E-state index in [0.717, 1.165) is 27.6 Å². The number of hydrogen-bond acceptors (Lipinski definition) is 4. The van der Waals surface area contributed by atoms with Gasteiger partial charge in [0.25, 0.3) is 5.91 Å². The summed E-state index contributed by atoms with van der Waals surface area (Å²) in [5.41, 5.74) is 3.08. The number of carbonyl (C=O) groups excluding carboxylic acids is 2. The number of hydroxylamine groups is 1. The lowest BCUT2D eigenvalue weighted by molar-refractivity contribution is -0.126. The van der Waals surface area contributed by atoms with Gasteiger partial charge in [-0.25, -0.2) is 9.96 Å². The maximum atomic E-state index is 13.8. The van der Waals surface area contributed by atoms with E-state index in [1.165, 1.54) is 4.90 Å². The smallest absolute Gasteiger partial charge is 0.266 e. The first-order valence-corrected chi connectivity index (χ1v) is 11.5. The number of hydrogen-bond donors (Lipinski definition) is 0. The molecule has 4 aromatic carbocycles. The van der Waals surface area contributed by atoms with E-state index < -0.39 is 18.1 Å². The molecule has 0 saturated carbocycles. The molecule has 0 bridgehead atoms. The van der Waals surface area contributed by atoms with Gasteiger partial charge >= 0.3 is 0 Å². The van der Waals surface area contributed by atoms with Crippen molar-refractivity contribution in [1.82, 2.24) is 0 Å². The highest BCUT2D eigenvalue weighted by Crippen LogP contribution is 2.49. The van der Waals surface area contributed by atoms with Gasteiger partial charge < -0.3 is 0 Å². The van der Waals surface area contributed by atoms with Gasteiger partial charge in [0, 0.05) is 5.02 Å². The molecule has 0 N–H and O–H groups in total. The molecule has 2 aliphatic rings. The molecule has 6 heteroatoms. The quantitative estimate of drug-likeness (QED) is 0.354. The van der Waals surface area contributed by atoms with E-state index >= 15 is 0 Å². The molecule has 2 aliphatic heterocycles. The molecule has 2 saturated heterocycles. The van der Waals surface area contributed by atoms with Gasteiger partial charge in [0.05, 0.1) is 17.4 Å². The fourth-order valence-electron chi connectivity index (χ4n) is 5.01. The molecule has 0 radical (unpaired) electrons. The first-order valence-electron chi connectivity index (χ1n) is 11.2. The molecule has 6 rings (SSSR count). The Balaban J connectivity index is 1.50. The van der Waals surface area contributed by atoms with E-state index in [0.29, 0.717) is 10.7 Å². The van der Waals surface area contributed by atoms with Gasteiger partial charge in [-0.3, -0.25) is 14.4 Å². The van der Waals surface area contributed by atoms with Gasteiger partial charge in [-0.05, 0) is 53.1 Å². The average Bonchev–Trinajstić information content (AvgIpc) is 3.37. The van der Waals surface area contributed by atoms with Crippen molar-refractivity contribution in [1.29, 1.82) is 0 Å². The van der Waals surface area contributed by atoms with Crippen LogP contribution >= 0.6 is 11.6 Å². The maximum Gasteiger partial charge on any atom is 0.266 e. The summed E-state index contributed by atoms with van der Waals surface area (Å²) in [7, 11) is 0. The summed E-state index contributed by atoms with van der Waals surface area (Å²) in [6, 6.07) is 28.4. The van der Waals surface area contributed by atoms with Crippen LogP contribution in [-0.2, 0) is 14.4 Å². The predicted octanol–water partition coefficient (Wildman–Crippen LogP) is 5.85. The molecule has 5 nitrogen and oxygen atoms in total. The molecule has 0 spiro atoms. The van der Waals surface area contributed by atoms with E-state index in [-0.39, 0.29) is 11.8 Å². The number of imide groups is 1. The van der Waals surface area contributed by atoms with Crippen molar-refractivity contribution in [2.24, 2.45) is 5.92 Å². The lowest BCUT2D eigenvalue weighted by atomic mass is 9.87. The topological polar surface area (TPSA) is 49.9 Å². The SMILES string of the molecule is Cc1ccc(N2C(=O)[C@@H]3[C@H](ON(c4ccccc4)[C@@H]3c3cccc4ccccc34)C2=O)cc1Cl. The van der Waals surface area contributed by atoms with Crippen LogP contribution in [0.5, 0.6) is 0 Å². The van der Waals surface area contributed by atoms with Gasteiger partial charge in [0.2, 0.25) is 5.91 Å². The van der Waals surface area contributed by atoms with Crippen molar-refractivity contribution < 1.29 is 14.4 Å². The zero-order valence-electron chi connectivity index (χ0n) is 18.4. The van der Waals surface area contributed by atoms with Crippen molar-refractivity contribution in [2.75, 3.05) is 9.96 Å². The minimum absolute atomic E-state index is 0.286. The first kappa shape index (κ1) is 20.9. The molecule has 0 aliphatic carbocycles. The summed E-state index contributed by atoms with van der Waals surface area (Å²) in [5.74, 6) is -1.36. The Labute approximate surface area is 202 Å². The molecule has 2 amide bonds. The van der Waals surface area contributed by atoms with Gasteiger partial charge in [-0.1, -0.05) is 78.3 Å². The molecular formula is C28H21ClN2O3. The number of anilines is 2. The Hall–Kier alpha value is -3.67. The van der Waals surface area contributed by atoms with Gasteiger partial charge in [-0.15, -0.1) is 0 Å². The third kappa shape index (κ3) is 3.12. The number of amides is 2. The number of aryl methyl sites for hydroxylation is 1. The van der Waals surface area contributed by atoms with Gasteiger partial charge in [-0.2, -0.15) is 0 Å². The third-order valence-corrected chi connectivity index (χ3v) is 7.09. The van der Waals surface area contributed by atoms with Crippen molar-refractivity contribution in [3.63, 3.8) is 0 Å². The number of carbonyl (C=O) groups is 2. The summed E-state index contributed by atoms with van der Waals surface area (Å²) >= 11 is 6.31. The molecule has 168 valence electrons. The Morgan fingerprint density at radius 3 is 2.32 bits per heavy atom. The monoisotopic (exact) mass is 468 g/mol. The second-order valence-electron chi connectivity index (χ2n) is 8.67. The number of halogens is 1. The normalized spacial score (nSPS) is 22.0. The number of fused-ring (bicyclic) bond motifs is 2. The Morgan fingerprint density at radius 1 is 0.794 bits per heavy atom. The molecule has 0 aromatic heterocycles. The molecule has 34 heavy (non-hydrogen) atoms. The highest BCUT2D eigenvalue weighted by molar-refractivity contribution is 6.32. The molecule has 3 atom stereocenters. The number of rotatable bonds is 3. The second kappa shape index (κ2) is 7.97. The van der Waals surface area contributed by atoms with Crippen molar-refractivity contribution in [3.8, 4) is 0 Å². The summed E-state index contributed by atoms with van der Waals surface area (Å²) in [6.07, 6.45) is -0.920. The van der Waals surface area contributed by atoms with Crippen molar-refractivity contribution in [2.45, 2.75) is 19.1 Å². The number of benzene rings is 4. The Morgan fingerprint density at radius 2 is 1.53 bits per heavy atom. The molecule has 2 fully saturated rings. The second-order valence-corrected chi connectivity index (χ2v) is 9.08. The largest absolute Gasteiger partial charge is 0.273 e. The Bertz CT molecular complexity index is 1430. The van der Waals surface area contributed by atoms with Crippen LogP contribution in [0.15, 0.2) is 91.0 Å². The minimum Gasteiger partial charge on any atom is -0.273 e. The molecular weight excluding hydrogens is 448 g/mol. The van der Waals surface area contributed by atoms with Crippen LogP contribution in [0.3, 0.4) is 0 Å². The Kier molecular flexibility index (Phi) is 4.90. The molecule has 4 aromatic rings. The van der Waals surface area contributed by atoms with Crippen molar-refractivity contribution >= 4 is 45.6 Å². The van der Waals surface area contributed by atoms with Crippen LogP contribution in [-0.4, -0.2) is 17.9 Å². The number of nitrogens with zero attached hydrogens (tertiary/aromatic N) is 2. The first-order chi connectivity index (χ1) is 16.5. The average molecular weight is 469 g/mol. The maximum absolute atomic E-state index is 13.8. The van der Waals surface area contributed by atoms with E-state index in [4.69, 9.17) is 16.4 Å². The van der Waals surface area contributed by atoms with Crippen LogP contribution in [0.4, 0.5) is 11.4 Å². The fourth-order valence-corrected chi connectivity index (χ4v) is 5.19.